The Morgan fingerprint density at radius 1 is 1.40 bits per heavy atom. The summed E-state index contributed by atoms with van der Waals surface area (Å²) in [5.41, 5.74) is 3.23. The molecule has 0 atom stereocenters. The van der Waals surface area contributed by atoms with Gasteiger partial charge in [-0.3, -0.25) is 4.79 Å². The van der Waals surface area contributed by atoms with Crippen LogP contribution in [0.3, 0.4) is 0 Å². The second-order valence-corrected chi connectivity index (χ2v) is 3.67. The van der Waals surface area contributed by atoms with Gasteiger partial charge in [-0.05, 0) is 41.7 Å². The van der Waals surface area contributed by atoms with E-state index in [0.717, 1.165) is 23.1 Å². The van der Waals surface area contributed by atoms with Crippen molar-refractivity contribution in [2.24, 2.45) is 0 Å². The largest absolute Gasteiger partial charge is 0.508 e. The minimum atomic E-state index is -0.775. The van der Waals surface area contributed by atoms with E-state index in [1.165, 1.54) is 0 Å². The first kappa shape index (κ1) is 9.77. The molecular weight excluding hydrogens is 192 g/mol. The molecule has 3 heteroatoms. The van der Waals surface area contributed by atoms with E-state index in [4.69, 9.17) is 5.11 Å². The topological polar surface area (TPSA) is 57.5 Å². The molecular formula is C12H12O3. The van der Waals surface area contributed by atoms with Crippen molar-refractivity contribution in [2.75, 3.05) is 0 Å². The highest BCUT2D eigenvalue weighted by Gasteiger charge is 2.14. The van der Waals surface area contributed by atoms with Crippen molar-refractivity contribution < 1.29 is 15.0 Å². The molecule has 0 spiro atoms. The number of allylic oxidation sites excluding steroid dienone is 2. The number of fused-ring (bicyclic) bond motifs is 1. The average molecular weight is 204 g/mol. The third kappa shape index (κ3) is 2.01. The van der Waals surface area contributed by atoms with Crippen LogP contribution < -0.4 is 0 Å². The van der Waals surface area contributed by atoms with Gasteiger partial charge < -0.3 is 10.2 Å². The molecule has 15 heavy (non-hydrogen) atoms. The summed E-state index contributed by atoms with van der Waals surface area (Å²) in [5.74, 6) is -0.509. The molecule has 3 nitrogen and oxygen atoms in total. The molecule has 1 aliphatic carbocycles. The van der Waals surface area contributed by atoms with Crippen LogP contribution in [0, 0.1) is 0 Å². The first-order valence-electron chi connectivity index (χ1n) is 4.90. The lowest BCUT2D eigenvalue weighted by Gasteiger charge is -2.04. The van der Waals surface area contributed by atoms with E-state index < -0.39 is 5.97 Å². The van der Waals surface area contributed by atoms with Crippen LogP contribution in [-0.2, 0) is 11.2 Å². The number of carbonyl (C=O) groups is 1. The fraction of sp³-hybridized carbons (Fsp3) is 0.250. The minimum absolute atomic E-state index is 0.159. The average Bonchev–Trinajstić information content (AvgIpc) is 2.57. The molecule has 0 radical (unpaired) electrons. The van der Waals surface area contributed by atoms with Gasteiger partial charge in [0.15, 0.2) is 0 Å². The number of carboxylic acids is 1. The maximum atomic E-state index is 10.5. The minimum Gasteiger partial charge on any atom is -0.508 e. The van der Waals surface area contributed by atoms with Gasteiger partial charge in [0.05, 0.1) is 0 Å². The van der Waals surface area contributed by atoms with Crippen LogP contribution in [0.25, 0.3) is 5.57 Å². The molecule has 0 unspecified atom stereocenters. The van der Waals surface area contributed by atoms with E-state index in [1.54, 1.807) is 12.1 Å². The van der Waals surface area contributed by atoms with Crippen LogP contribution >= 0.6 is 0 Å². The predicted octanol–water partition coefficient (Wildman–Crippen LogP) is 2.20. The molecule has 0 saturated carbocycles. The van der Waals surface area contributed by atoms with Gasteiger partial charge in [0.25, 0.3) is 0 Å². The molecule has 2 N–H and O–H groups in total. The number of aromatic hydroxyl groups is 1. The SMILES string of the molecule is O=C(O)CCC1=CCc2cc(O)ccc21. The Labute approximate surface area is 87.7 Å². The standard InChI is InChI=1S/C12H12O3/c13-10-4-5-11-8(3-6-12(14)15)1-2-9(11)7-10/h1,4-5,7,13H,2-3,6H2,(H,14,15). The lowest BCUT2D eigenvalue weighted by atomic mass is 10.0. The second-order valence-electron chi connectivity index (χ2n) is 3.67. The van der Waals surface area contributed by atoms with E-state index in [-0.39, 0.29) is 12.2 Å². The zero-order chi connectivity index (χ0) is 10.8. The van der Waals surface area contributed by atoms with Gasteiger partial charge in [-0.1, -0.05) is 12.1 Å². The summed E-state index contributed by atoms with van der Waals surface area (Å²) in [4.78, 5) is 10.5. The van der Waals surface area contributed by atoms with Crippen molar-refractivity contribution in [3.05, 3.63) is 35.4 Å². The van der Waals surface area contributed by atoms with Crippen LogP contribution in [0.1, 0.15) is 24.0 Å². The van der Waals surface area contributed by atoms with Crippen molar-refractivity contribution in [1.82, 2.24) is 0 Å². The Morgan fingerprint density at radius 2 is 2.20 bits per heavy atom. The number of carboxylic acid groups (broad SMARTS) is 1. The summed E-state index contributed by atoms with van der Waals surface area (Å²) in [7, 11) is 0. The van der Waals surface area contributed by atoms with E-state index in [2.05, 4.69) is 0 Å². The summed E-state index contributed by atoms with van der Waals surface area (Å²) in [6.07, 6.45) is 3.55. The fourth-order valence-corrected chi connectivity index (χ4v) is 1.88. The highest BCUT2D eigenvalue weighted by Crippen LogP contribution is 2.32. The summed E-state index contributed by atoms with van der Waals surface area (Å²) in [6, 6.07) is 5.23. The van der Waals surface area contributed by atoms with E-state index in [9.17, 15) is 9.90 Å². The van der Waals surface area contributed by atoms with Gasteiger partial charge in [0.2, 0.25) is 0 Å². The molecule has 1 aliphatic rings. The zero-order valence-corrected chi connectivity index (χ0v) is 8.23. The van der Waals surface area contributed by atoms with Crippen molar-refractivity contribution in [2.45, 2.75) is 19.3 Å². The molecule has 0 heterocycles. The Morgan fingerprint density at radius 3 is 2.93 bits per heavy atom. The van der Waals surface area contributed by atoms with Crippen molar-refractivity contribution in [3.8, 4) is 5.75 Å². The van der Waals surface area contributed by atoms with Crippen LogP contribution in [0.2, 0.25) is 0 Å². The van der Waals surface area contributed by atoms with Crippen molar-refractivity contribution in [1.29, 1.82) is 0 Å². The van der Waals surface area contributed by atoms with Crippen LogP contribution in [-0.4, -0.2) is 16.2 Å². The monoisotopic (exact) mass is 204 g/mol. The molecule has 1 aromatic rings. The maximum absolute atomic E-state index is 10.5. The maximum Gasteiger partial charge on any atom is 0.303 e. The molecule has 0 saturated heterocycles. The number of phenolic OH excluding ortho intramolecular Hbond substituents is 1. The molecule has 0 amide bonds. The molecule has 1 aromatic carbocycles. The smallest absolute Gasteiger partial charge is 0.303 e. The lowest BCUT2D eigenvalue weighted by molar-refractivity contribution is -0.136. The highest BCUT2D eigenvalue weighted by atomic mass is 16.4. The van der Waals surface area contributed by atoms with E-state index in [1.807, 2.05) is 12.1 Å². The Kier molecular flexibility index (Phi) is 2.46. The number of rotatable bonds is 3. The number of phenols is 1. The molecule has 0 aromatic heterocycles. The number of aliphatic carboxylic acids is 1. The first-order chi connectivity index (χ1) is 7.16. The van der Waals surface area contributed by atoms with Crippen molar-refractivity contribution in [3.63, 3.8) is 0 Å². The molecule has 2 rings (SSSR count). The number of hydrogen-bond donors (Lipinski definition) is 2. The van der Waals surface area contributed by atoms with Crippen LogP contribution in [0.4, 0.5) is 0 Å². The molecule has 0 bridgehead atoms. The summed E-state index contributed by atoms with van der Waals surface area (Å²) >= 11 is 0. The summed E-state index contributed by atoms with van der Waals surface area (Å²) in [6.45, 7) is 0. The third-order valence-electron chi connectivity index (χ3n) is 2.61. The Balaban J connectivity index is 2.16. The Hall–Kier alpha value is -1.77. The van der Waals surface area contributed by atoms with E-state index >= 15 is 0 Å². The van der Waals surface area contributed by atoms with Crippen molar-refractivity contribution >= 4 is 11.5 Å². The molecule has 0 fully saturated rings. The van der Waals surface area contributed by atoms with Crippen LogP contribution in [0.5, 0.6) is 5.75 Å². The number of hydrogen-bond acceptors (Lipinski definition) is 2. The third-order valence-corrected chi connectivity index (χ3v) is 2.61. The van der Waals surface area contributed by atoms with Gasteiger partial charge in [-0.2, -0.15) is 0 Å². The predicted molar refractivity (Wildman–Crippen MR) is 56.7 cm³/mol. The normalized spacial score (nSPS) is 13.5. The van der Waals surface area contributed by atoms with E-state index in [0.29, 0.717) is 6.42 Å². The van der Waals surface area contributed by atoms with Gasteiger partial charge in [-0.15, -0.1) is 0 Å². The summed E-state index contributed by atoms with van der Waals surface area (Å²) < 4.78 is 0. The molecule has 0 aliphatic heterocycles. The van der Waals surface area contributed by atoms with Crippen LogP contribution in [0.15, 0.2) is 24.3 Å². The van der Waals surface area contributed by atoms with Gasteiger partial charge in [0.1, 0.15) is 5.75 Å². The quantitative estimate of drug-likeness (QED) is 0.793. The van der Waals surface area contributed by atoms with Gasteiger partial charge in [0, 0.05) is 6.42 Å². The highest BCUT2D eigenvalue weighted by molar-refractivity contribution is 5.77. The first-order valence-corrected chi connectivity index (χ1v) is 4.90. The summed E-state index contributed by atoms with van der Waals surface area (Å²) in [5, 5.41) is 17.9. The number of benzene rings is 1. The fourth-order valence-electron chi connectivity index (χ4n) is 1.88. The Bertz CT molecular complexity index is 432. The van der Waals surface area contributed by atoms with Gasteiger partial charge >= 0.3 is 5.97 Å². The lowest BCUT2D eigenvalue weighted by Crippen LogP contribution is -1.94. The molecule has 78 valence electrons. The second kappa shape index (κ2) is 3.77. The zero-order valence-electron chi connectivity index (χ0n) is 8.23. The van der Waals surface area contributed by atoms with Gasteiger partial charge in [-0.25, -0.2) is 0 Å².